The van der Waals surface area contributed by atoms with E-state index < -0.39 is 22.0 Å². The average molecular weight is 285 g/mol. The van der Waals surface area contributed by atoms with Gasteiger partial charge in [-0.15, -0.1) is 0 Å². The number of primary amides is 1. The van der Waals surface area contributed by atoms with Gasteiger partial charge in [0.2, 0.25) is 10.0 Å². The number of nitrogens with two attached hydrogens (primary N) is 1. The highest BCUT2D eigenvalue weighted by Crippen LogP contribution is 2.32. The van der Waals surface area contributed by atoms with Crippen molar-refractivity contribution in [3.63, 3.8) is 0 Å². The summed E-state index contributed by atoms with van der Waals surface area (Å²) in [5.74, 6) is -0.294. The molecule has 1 aliphatic rings. The number of benzene rings is 1. The normalized spacial score (nSPS) is 18.4. The maximum atomic E-state index is 12.0. The Bertz CT molecular complexity index is 612. The first-order valence-corrected chi connectivity index (χ1v) is 7.03. The van der Waals surface area contributed by atoms with Crippen LogP contribution in [0.4, 0.5) is 5.69 Å². The largest absolute Gasteiger partial charge is 0.477 e. The van der Waals surface area contributed by atoms with Gasteiger partial charge in [-0.05, 0) is 12.1 Å². The van der Waals surface area contributed by atoms with Crippen LogP contribution in [0.2, 0.25) is 0 Å². The van der Waals surface area contributed by atoms with Crippen molar-refractivity contribution in [3.8, 4) is 5.75 Å². The summed E-state index contributed by atoms with van der Waals surface area (Å²) < 4.78 is 30.5. The second kappa shape index (κ2) is 4.71. The molecule has 1 unspecified atom stereocenters. The zero-order valence-corrected chi connectivity index (χ0v) is 11.4. The van der Waals surface area contributed by atoms with Crippen molar-refractivity contribution < 1.29 is 17.9 Å². The predicted molar refractivity (Wildman–Crippen MR) is 69.4 cm³/mol. The van der Waals surface area contributed by atoms with E-state index in [2.05, 4.69) is 5.32 Å². The third kappa shape index (κ3) is 2.49. The van der Waals surface area contributed by atoms with Crippen LogP contribution in [0.15, 0.2) is 23.1 Å². The first-order chi connectivity index (χ1) is 8.82. The van der Waals surface area contributed by atoms with Gasteiger partial charge < -0.3 is 15.8 Å². The quantitative estimate of drug-likeness (QED) is 0.786. The molecule has 0 radical (unpaired) electrons. The molecule has 1 aromatic carbocycles. The summed E-state index contributed by atoms with van der Waals surface area (Å²) in [5, 5.41) is 2.97. The lowest BCUT2D eigenvalue weighted by Crippen LogP contribution is -2.41. The second-order valence-corrected chi connectivity index (χ2v) is 6.49. The molecular weight excluding hydrogens is 270 g/mol. The van der Waals surface area contributed by atoms with E-state index in [1.165, 1.54) is 26.2 Å². The van der Waals surface area contributed by atoms with Crippen LogP contribution >= 0.6 is 0 Å². The number of carbonyl (C=O) groups excluding carboxylic acids is 1. The summed E-state index contributed by atoms with van der Waals surface area (Å²) in [5.41, 5.74) is 5.80. The van der Waals surface area contributed by atoms with Crippen molar-refractivity contribution >= 4 is 21.6 Å². The van der Waals surface area contributed by atoms with Crippen molar-refractivity contribution in [2.24, 2.45) is 5.73 Å². The number of fused-ring (bicyclic) bond motifs is 1. The number of rotatable bonds is 3. The third-order valence-electron chi connectivity index (χ3n) is 2.80. The molecule has 3 N–H and O–H groups in total. The Morgan fingerprint density at radius 3 is 2.74 bits per heavy atom. The molecule has 1 aliphatic heterocycles. The van der Waals surface area contributed by atoms with Crippen LogP contribution in [-0.2, 0) is 14.8 Å². The van der Waals surface area contributed by atoms with Crippen LogP contribution in [0.25, 0.3) is 0 Å². The number of nitrogens with one attached hydrogen (secondary N) is 1. The van der Waals surface area contributed by atoms with Gasteiger partial charge in [0.05, 0.1) is 17.1 Å². The van der Waals surface area contributed by atoms with E-state index in [1.54, 1.807) is 6.07 Å². The topological polar surface area (TPSA) is 102 Å². The van der Waals surface area contributed by atoms with Gasteiger partial charge in [0.25, 0.3) is 5.91 Å². The molecular formula is C11H15N3O4S. The lowest BCUT2D eigenvalue weighted by Gasteiger charge is -2.25. The van der Waals surface area contributed by atoms with E-state index in [4.69, 9.17) is 10.5 Å². The van der Waals surface area contributed by atoms with Crippen LogP contribution in [0.3, 0.4) is 0 Å². The Balaban J connectivity index is 2.39. The number of hydrogen-bond donors (Lipinski definition) is 2. The van der Waals surface area contributed by atoms with E-state index >= 15 is 0 Å². The maximum absolute atomic E-state index is 12.0. The number of nitrogens with zero attached hydrogens (tertiary/aromatic N) is 1. The SMILES string of the molecule is CN(C)S(=O)(=O)c1ccc2c(c1)OC(C(N)=O)CN2. The monoisotopic (exact) mass is 285 g/mol. The van der Waals surface area contributed by atoms with E-state index in [0.29, 0.717) is 11.4 Å². The molecule has 0 bridgehead atoms. The van der Waals surface area contributed by atoms with Crippen molar-refractivity contribution in [1.29, 1.82) is 0 Å². The van der Waals surface area contributed by atoms with Gasteiger partial charge in [-0.2, -0.15) is 0 Å². The standard InChI is InChI=1S/C11H15N3O4S/c1-14(2)19(16,17)7-3-4-8-9(5-7)18-10(6-13-8)11(12)15/h3-5,10,13H,6H2,1-2H3,(H2,12,15). The summed E-state index contributed by atoms with van der Waals surface area (Å²) in [7, 11) is -0.650. The molecule has 0 spiro atoms. The molecule has 0 saturated carbocycles. The molecule has 0 aliphatic carbocycles. The van der Waals surface area contributed by atoms with Crippen LogP contribution in [0.5, 0.6) is 5.75 Å². The van der Waals surface area contributed by atoms with E-state index in [-0.39, 0.29) is 11.4 Å². The zero-order valence-electron chi connectivity index (χ0n) is 10.6. The van der Waals surface area contributed by atoms with Crippen molar-refractivity contribution in [1.82, 2.24) is 4.31 Å². The van der Waals surface area contributed by atoms with E-state index in [1.807, 2.05) is 0 Å². The lowest BCUT2D eigenvalue weighted by atomic mass is 10.2. The minimum Gasteiger partial charge on any atom is -0.477 e. The number of hydrogen-bond acceptors (Lipinski definition) is 5. The van der Waals surface area contributed by atoms with Crippen molar-refractivity contribution in [3.05, 3.63) is 18.2 Å². The Morgan fingerprint density at radius 2 is 2.16 bits per heavy atom. The molecule has 1 amide bonds. The molecule has 104 valence electrons. The van der Waals surface area contributed by atoms with Gasteiger partial charge in [0, 0.05) is 20.2 Å². The predicted octanol–water partition coefficient (Wildman–Crippen LogP) is -0.405. The first-order valence-electron chi connectivity index (χ1n) is 5.59. The van der Waals surface area contributed by atoms with E-state index in [9.17, 15) is 13.2 Å². The van der Waals surface area contributed by atoms with Gasteiger partial charge in [-0.1, -0.05) is 0 Å². The fraction of sp³-hybridized carbons (Fsp3) is 0.364. The molecule has 8 heteroatoms. The van der Waals surface area contributed by atoms with Gasteiger partial charge in [0.15, 0.2) is 6.10 Å². The molecule has 0 saturated heterocycles. The highest BCUT2D eigenvalue weighted by Gasteiger charge is 2.26. The van der Waals surface area contributed by atoms with Crippen molar-refractivity contribution in [2.45, 2.75) is 11.0 Å². The van der Waals surface area contributed by atoms with Crippen molar-refractivity contribution in [2.75, 3.05) is 26.0 Å². The summed E-state index contributed by atoms with van der Waals surface area (Å²) in [6, 6.07) is 4.46. The molecule has 2 rings (SSSR count). The Hall–Kier alpha value is -1.80. The van der Waals surface area contributed by atoms with Crippen LogP contribution in [-0.4, -0.2) is 45.4 Å². The Morgan fingerprint density at radius 1 is 1.47 bits per heavy atom. The Kier molecular flexibility index (Phi) is 3.38. The molecule has 1 atom stereocenters. The number of carbonyl (C=O) groups is 1. The molecule has 1 heterocycles. The summed E-state index contributed by atoms with van der Waals surface area (Å²) >= 11 is 0. The molecule has 1 aromatic rings. The first kappa shape index (κ1) is 13.6. The van der Waals surface area contributed by atoms with Gasteiger partial charge in [-0.3, -0.25) is 4.79 Å². The van der Waals surface area contributed by atoms with Crippen LogP contribution in [0, 0.1) is 0 Å². The number of amides is 1. The lowest BCUT2D eigenvalue weighted by molar-refractivity contribution is -0.124. The second-order valence-electron chi connectivity index (χ2n) is 4.34. The molecule has 0 fully saturated rings. The zero-order chi connectivity index (χ0) is 14.2. The minimum absolute atomic E-state index is 0.100. The maximum Gasteiger partial charge on any atom is 0.260 e. The van der Waals surface area contributed by atoms with Gasteiger partial charge >= 0.3 is 0 Å². The highest BCUT2D eigenvalue weighted by molar-refractivity contribution is 7.89. The van der Waals surface area contributed by atoms with E-state index in [0.717, 1.165) is 4.31 Å². The molecule has 7 nitrogen and oxygen atoms in total. The minimum atomic E-state index is -3.54. The smallest absolute Gasteiger partial charge is 0.260 e. The van der Waals surface area contributed by atoms with Crippen LogP contribution in [0.1, 0.15) is 0 Å². The number of ether oxygens (including phenoxy) is 1. The summed E-state index contributed by atoms with van der Waals surface area (Å²) in [6.07, 6.45) is -0.801. The molecule has 0 aromatic heterocycles. The summed E-state index contributed by atoms with van der Waals surface area (Å²) in [6.45, 7) is 0.266. The average Bonchev–Trinajstić information content (AvgIpc) is 2.37. The Labute approximate surface area is 111 Å². The third-order valence-corrected chi connectivity index (χ3v) is 4.61. The van der Waals surface area contributed by atoms with Gasteiger partial charge in [0.1, 0.15) is 5.75 Å². The fourth-order valence-corrected chi connectivity index (χ4v) is 2.59. The molecule has 19 heavy (non-hydrogen) atoms. The summed E-state index contributed by atoms with van der Waals surface area (Å²) in [4.78, 5) is 11.2. The number of sulfonamides is 1. The number of anilines is 1. The highest BCUT2D eigenvalue weighted by atomic mass is 32.2. The van der Waals surface area contributed by atoms with Crippen LogP contribution < -0.4 is 15.8 Å². The van der Waals surface area contributed by atoms with Gasteiger partial charge in [-0.25, -0.2) is 12.7 Å². The fourth-order valence-electron chi connectivity index (χ4n) is 1.67.